The Balaban J connectivity index is 1.98. The Labute approximate surface area is 215 Å². The van der Waals surface area contributed by atoms with Gasteiger partial charge >= 0.3 is 6.18 Å². The van der Waals surface area contributed by atoms with E-state index in [4.69, 9.17) is 23.2 Å². The first kappa shape index (κ1) is 27.7. The number of aromatic nitrogens is 3. The number of nitrogens with one attached hydrogen (secondary N) is 2. The number of carbonyl (C=O) groups is 2. The highest BCUT2D eigenvalue weighted by molar-refractivity contribution is 7.99. The Morgan fingerprint density at radius 2 is 1.89 bits per heavy atom. The summed E-state index contributed by atoms with van der Waals surface area (Å²) in [7, 11) is 0. The lowest BCUT2D eigenvalue weighted by atomic mass is 10.1. The topological polar surface area (TPSA) is 88.9 Å². The maximum absolute atomic E-state index is 13.4. The molecule has 0 aliphatic heterocycles. The molecule has 2 heterocycles. The number of rotatable bonds is 8. The molecule has 15 heteroatoms. The fourth-order valence-electron chi connectivity index (χ4n) is 3.05. The van der Waals surface area contributed by atoms with E-state index in [1.54, 1.807) is 0 Å². The van der Waals surface area contributed by atoms with E-state index in [9.17, 15) is 31.5 Å². The van der Waals surface area contributed by atoms with Crippen LogP contribution in [0.1, 0.15) is 32.1 Å². The Hall–Kier alpha value is -2.90. The van der Waals surface area contributed by atoms with Crippen LogP contribution >= 0.6 is 35.0 Å². The first-order chi connectivity index (χ1) is 16.9. The molecule has 2 aromatic heterocycles. The fourth-order valence-corrected chi connectivity index (χ4v) is 3.92. The van der Waals surface area contributed by atoms with Crippen LogP contribution in [-0.4, -0.2) is 44.6 Å². The van der Waals surface area contributed by atoms with Gasteiger partial charge in [-0.1, -0.05) is 35.0 Å². The van der Waals surface area contributed by atoms with Gasteiger partial charge in [-0.2, -0.15) is 27.1 Å². The van der Waals surface area contributed by atoms with Gasteiger partial charge in [0.1, 0.15) is 5.69 Å². The van der Waals surface area contributed by atoms with Gasteiger partial charge in [0.05, 0.1) is 16.3 Å². The lowest BCUT2D eigenvalue weighted by molar-refractivity contribution is -0.141. The number of pyridine rings is 1. The molecule has 0 saturated carbocycles. The van der Waals surface area contributed by atoms with E-state index in [1.807, 2.05) is 0 Å². The maximum atomic E-state index is 13.4. The molecule has 2 N–H and O–H groups in total. The summed E-state index contributed by atoms with van der Waals surface area (Å²) < 4.78 is 65.4. The SMILES string of the molecule is Cc1cc(Cl)cc(C(=O)NCCSC(F)F)c1NC(=O)c1cc(C(F)(F)F)nn1-c1ncccc1Cl. The molecule has 0 spiro atoms. The number of aryl methyl sites for hydroxylation is 1. The van der Waals surface area contributed by atoms with Crippen molar-refractivity contribution < 1.29 is 31.5 Å². The smallest absolute Gasteiger partial charge is 0.351 e. The second kappa shape index (κ2) is 11.4. The lowest BCUT2D eigenvalue weighted by Gasteiger charge is -2.15. The van der Waals surface area contributed by atoms with Crippen LogP contribution in [0.15, 0.2) is 36.5 Å². The zero-order valence-corrected chi connectivity index (χ0v) is 20.5. The molecule has 1 aromatic carbocycles. The van der Waals surface area contributed by atoms with Crippen LogP contribution in [0.5, 0.6) is 0 Å². The normalized spacial score (nSPS) is 11.6. The standard InChI is InChI=1S/C21H16Cl2F5N5O2S/c1-10-7-11(22)8-12(18(34)30-5-6-36-20(24)25)16(10)31-19(35)14-9-15(21(26,27)28)32-33(14)17-13(23)3-2-4-29-17/h2-4,7-9,20H,5-6H2,1H3,(H,30,34)(H,31,35). The average Bonchev–Trinajstić information content (AvgIpc) is 3.24. The first-order valence-electron chi connectivity index (χ1n) is 9.96. The number of benzene rings is 1. The van der Waals surface area contributed by atoms with Crippen molar-refractivity contribution >= 4 is 52.5 Å². The zero-order chi connectivity index (χ0) is 26.6. The Kier molecular flexibility index (Phi) is 8.80. The summed E-state index contributed by atoms with van der Waals surface area (Å²) in [5.74, 6) is -4.68. The average molecular weight is 568 g/mol. The number of thioether (sulfide) groups is 1. The van der Waals surface area contributed by atoms with Crippen molar-refractivity contribution in [3.63, 3.8) is 0 Å². The number of anilines is 1. The second-order valence-electron chi connectivity index (χ2n) is 7.12. The third-order valence-corrected chi connectivity index (χ3v) is 5.79. The van der Waals surface area contributed by atoms with Gasteiger partial charge in [0.2, 0.25) is 0 Å². The Bertz CT molecular complexity index is 1290. The van der Waals surface area contributed by atoms with E-state index in [0.29, 0.717) is 28.1 Å². The van der Waals surface area contributed by atoms with Gasteiger partial charge in [0.25, 0.3) is 17.6 Å². The second-order valence-corrected chi connectivity index (χ2v) is 9.06. The summed E-state index contributed by atoms with van der Waals surface area (Å²) in [6.45, 7) is 1.41. The lowest BCUT2D eigenvalue weighted by Crippen LogP contribution is -2.28. The van der Waals surface area contributed by atoms with Crippen molar-refractivity contribution in [2.45, 2.75) is 18.9 Å². The molecule has 0 atom stereocenters. The maximum Gasteiger partial charge on any atom is 0.435 e. The van der Waals surface area contributed by atoms with E-state index in [0.717, 1.165) is 0 Å². The summed E-state index contributed by atoms with van der Waals surface area (Å²) in [4.78, 5) is 29.7. The summed E-state index contributed by atoms with van der Waals surface area (Å²) >= 11 is 12.4. The molecular weight excluding hydrogens is 552 g/mol. The molecule has 3 aromatic rings. The van der Waals surface area contributed by atoms with Crippen LogP contribution < -0.4 is 10.6 Å². The molecule has 3 rings (SSSR count). The largest absolute Gasteiger partial charge is 0.435 e. The van der Waals surface area contributed by atoms with Gasteiger partial charge < -0.3 is 10.6 Å². The molecule has 0 radical (unpaired) electrons. The van der Waals surface area contributed by atoms with E-state index in [-0.39, 0.29) is 39.4 Å². The van der Waals surface area contributed by atoms with Gasteiger partial charge in [-0.05, 0) is 36.8 Å². The van der Waals surface area contributed by atoms with Crippen LogP contribution in [0.3, 0.4) is 0 Å². The molecule has 2 amide bonds. The van der Waals surface area contributed by atoms with Gasteiger partial charge in [-0.25, -0.2) is 9.67 Å². The highest BCUT2D eigenvalue weighted by Crippen LogP contribution is 2.32. The van der Waals surface area contributed by atoms with E-state index in [2.05, 4.69) is 20.7 Å². The summed E-state index contributed by atoms with van der Waals surface area (Å²) in [5, 5.41) is 8.39. The van der Waals surface area contributed by atoms with Crippen molar-refractivity contribution in [3.8, 4) is 5.82 Å². The van der Waals surface area contributed by atoms with Crippen LogP contribution in [-0.2, 0) is 6.18 Å². The van der Waals surface area contributed by atoms with Crippen molar-refractivity contribution in [3.05, 3.63) is 69.1 Å². The van der Waals surface area contributed by atoms with Gasteiger partial charge in [0.15, 0.2) is 11.5 Å². The molecule has 0 saturated heterocycles. The molecular formula is C21H16Cl2F5N5O2S. The van der Waals surface area contributed by atoms with E-state index < -0.39 is 35.1 Å². The molecule has 0 unspecified atom stereocenters. The minimum absolute atomic E-state index is 0.0446. The third-order valence-electron chi connectivity index (χ3n) is 4.59. The van der Waals surface area contributed by atoms with Gasteiger partial charge in [-0.15, -0.1) is 0 Å². The minimum Gasteiger partial charge on any atom is -0.351 e. The molecule has 0 aliphatic rings. The van der Waals surface area contributed by atoms with Crippen molar-refractivity contribution in [2.24, 2.45) is 0 Å². The molecule has 0 fully saturated rings. The minimum atomic E-state index is -4.88. The number of carbonyl (C=O) groups excluding carboxylic acids is 2. The molecule has 0 bridgehead atoms. The van der Waals surface area contributed by atoms with E-state index >= 15 is 0 Å². The predicted octanol–water partition coefficient (Wildman–Crippen LogP) is 5.84. The molecule has 7 nitrogen and oxygen atoms in total. The summed E-state index contributed by atoms with van der Waals surface area (Å²) in [6.07, 6.45) is -3.62. The number of amides is 2. The number of nitrogens with zero attached hydrogens (tertiary/aromatic N) is 3. The molecule has 36 heavy (non-hydrogen) atoms. The Morgan fingerprint density at radius 3 is 2.53 bits per heavy atom. The van der Waals surface area contributed by atoms with Crippen molar-refractivity contribution in [2.75, 3.05) is 17.6 Å². The van der Waals surface area contributed by atoms with Crippen LogP contribution in [0.25, 0.3) is 5.82 Å². The van der Waals surface area contributed by atoms with Crippen molar-refractivity contribution in [1.82, 2.24) is 20.1 Å². The predicted molar refractivity (Wildman–Crippen MR) is 126 cm³/mol. The van der Waals surface area contributed by atoms with Crippen LogP contribution in [0, 0.1) is 6.92 Å². The van der Waals surface area contributed by atoms with Crippen LogP contribution in [0.4, 0.5) is 27.6 Å². The molecule has 192 valence electrons. The van der Waals surface area contributed by atoms with Crippen LogP contribution in [0.2, 0.25) is 10.0 Å². The van der Waals surface area contributed by atoms with Gasteiger partial charge in [-0.3, -0.25) is 9.59 Å². The molecule has 0 aliphatic carbocycles. The fraction of sp³-hybridized carbons (Fsp3) is 0.238. The Morgan fingerprint density at radius 1 is 1.17 bits per heavy atom. The monoisotopic (exact) mass is 567 g/mol. The number of alkyl halides is 5. The van der Waals surface area contributed by atoms with E-state index in [1.165, 1.54) is 37.4 Å². The number of hydrogen-bond acceptors (Lipinski definition) is 5. The zero-order valence-electron chi connectivity index (χ0n) is 18.2. The third kappa shape index (κ3) is 6.65. The first-order valence-corrected chi connectivity index (χ1v) is 11.8. The van der Waals surface area contributed by atoms with Crippen molar-refractivity contribution in [1.29, 1.82) is 0 Å². The number of hydrogen-bond donors (Lipinski definition) is 2. The van der Waals surface area contributed by atoms with Gasteiger partial charge in [0, 0.05) is 29.6 Å². The highest BCUT2D eigenvalue weighted by Gasteiger charge is 2.36. The highest BCUT2D eigenvalue weighted by atomic mass is 35.5. The summed E-state index contributed by atoms with van der Waals surface area (Å²) in [5.41, 5.74) is -1.76. The summed E-state index contributed by atoms with van der Waals surface area (Å²) in [6, 6.07) is 5.98. The number of halogens is 7. The quantitative estimate of drug-likeness (QED) is 0.264.